The van der Waals surface area contributed by atoms with Gasteiger partial charge in [0.25, 0.3) is 0 Å². The Balaban J connectivity index is 2.58. The second-order valence-electron chi connectivity index (χ2n) is 4.74. The maximum Gasteiger partial charge on any atom is 0.0372 e. The van der Waals surface area contributed by atoms with E-state index in [0.717, 1.165) is 19.5 Å². The van der Waals surface area contributed by atoms with Crippen LogP contribution >= 0.6 is 0 Å². The van der Waals surface area contributed by atoms with Gasteiger partial charge in [-0.25, -0.2) is 0 Å². The Labute approximate surface area is 99.2 Å². The molecule has 0 spiro atoms. The quantitative estimate of drug-likeness (QED) is 0.800. The Kier molecular flexibility index (Phi) is 4.81. The van der Waals surface area contributed by atoms with Crippen LogP contribution in [0.4, 0.5) is 5.69 Å². The molecule has 0 amide bonds. The van der Waals surface area contributed by atoms with Gasteiger partial charge in [0.1, 0.15) is 0 Å². The first-order chi connectivity index (χ1) is 7.56. The molecular formula is C14H24N2. The van der Waals surface area contributed by atoms with E-state index in [1.165, 1.54) is 22.4 Å². The molecule has 0 fully saturated rings. The lowest BCUT2D eigenvalue weighted by Gasteiger charge is -2.15. The van der Waals surface area contributed by atoms with Crippen molar-refractivity contribution < 1.29 is 0 Å². The highest BCUT2D eigenvalue weighted by Gasteiger charge is 2.04. The van der Waals surface area contributed by atoms with Crippen molar-refractivity contribution in [3.05, 3.63) is 28.8 Å². The zero-order valence-electron chi connectivity index (χ0n) is 10.9. The van der Waals surface area contributed by atoms with E-state index < -0.39 is 0 Å². The molecule has 3 N–H and O–H groups in total. The molecule has 1 atom stereocenters. The van der Waals surface area contributed by atoms with Crippen molar-refractivity contribution in [2.45, 2.75) is 34.1 Å². The third kappa shape index (κ3) is 3.24. The number of rotatable bonds is 5. The highest BCUT2D eigenvalue weighted by atomic mass is 14.9. The van der Waals surface area contributed by atoms with Gasteiger partial charge in [-0.05, 0) is 62.4 Å². The summed E-state index contributed by atoms with van der Waals surface area (Å²) < 4.78 is 0. The van der Waals surface area contributed by atoms with Crippen LogP contribution in [0.2, 0.25) is 0 Å². The predicted octanol–water partition coefficient (Wildman–Crippen LogP) is 3.01. The van der Waals surface area contributed by atoms with Gasteiger partial charge in [0.15, 0.2) is 0 Å². The molecular weight excluding hydrogens is 196 g/mol. The van der Waals surface area contributed by atoms with Crippen molar-refractivity contribution in [1.29, 1.82) is 0 Å². The van der Waals surface area contributed by atoms with Crippen LogP contribution < -0.4 is 11.1 Å². The second-order valence-corrected chi connectivity index (χ2v) is 4.74. The standard InChI is InChI=1S/C14H24N2/c1-10(9-15)7-8-16-14-6-5-11(2)12(3)13(14)4/h5-6,10,16H,7-9,15H2,1-4H3. The smallest absolute Gasteiger partial charge is 0.0372 e. The van der Waals surface area contributed by atoms with E-state index in [4.69, 9.17) is 5.73 Å². The van der Waals surface area contributed by atoms with E-state index >= 15 is 0 Å². The highest BCUT2D eigenvalue weighted by Crippen LogP contribution is 2.21. The summed E-state index contributed by atoms with van der Waals surface area (Å²) in [6.07, 6.45) is 1.13. The zero-order valence-corrected chi connectivity index (χ0v) is 10.9. The number of benzene rings is 1. The van der Waals surface area contributed by atoms with Crippen molar-refractivity contribution in [1.82, 2.24) is 0 Å². The lowest BCUT2D eigenvalue weighted by Crippen LogP contribution is -2.15. The van der Waals surface area contributed by atoms with Gasteiger partial charge in [0, 0.05) is 12.2 Å². The number of anilines is 1. The molecule has 2 heteroatoms. The minimum absolute atomic E-state index is 0.597. The number of aryl methyl sites for hydroxylation is 1. The minimum atomic E-state index is 0.597. The maximum atomic E-state index is 5.60. The van der Waals surface area contributed by atoms with Crippen LogP contribution in [0.1, 0.15) is 30.0 Å². The van der Waals surface area contributed by atoms with Gasteiger partial charge in [0.2, 0.25) is 0 Å². The van der Waals surface area contributed by atoms with Gasteiger partial charge in [-0.3, -0.25) is 0 Å². The molecule has 0 saturated heterocycles. The molecule has 0 saturated carbocycles. The Bertz CT molecular complexity index is 345. The highest BCUT2D eigenvalue weighted by molar-refractivity contribution is 5.55. The second kappa shape index (κ2) is 5.90. The largest absolute Gasteiger partial charge is 0.385 e. The molecule has 90 valence electrons. The fourth-order valence-corrected chi connectivity index (χ4v) is 1.72. The van der Waals surface area contributed by atoms with Crippen LogP contribution in [0.3, 0.4) is 0 Å². The summed E-state index contributed by atoms with van der Waals surface area (Å²) in [5, 5.41) is 3.49. The molecule has 0 heterocycles. The van der Waals surface area contributed by atoms with E-state index in [-0.39, 0.29) is 0 Å². The fraction of sp³-hybridized carbons (Fsp3) is 0.571. The van der Waals surface area contributed by atoms with Crippen LogP contribution in [-0.4, -0.2) is 13.1 Å². The lowest BCUT2D eigenvalue weighted by atomic mass is 10.0. The average molecular weight is 220 g/mol. The third-order valence-electron chi connectivity index (χ3n) is 3.41. The maximum absolute atomic E-state index is 5.60. The summed E-state index contributed by atoms with van der Waals surface area (Å²) in [5.41, 5.74) is 11.0. The molecule has 16 heavy (non-hydrogen) atoms. The van der Waals surface area contributed by atoms with E-state index in [2.05, 4.69) is 45.1 Å². The molecule has 0 aromatic heterocycles. The van der Waals surface area contributed by atoms with Crippen molar-refractivity contribution in [3.63, 3.8) is 0 Å². The molecule has 0 aliphatic heterocycles. The van der Waals surface area contributed by atoms with Crippen LogP contribution in [0.5, 0.6) is 0 Å². The number of nitrogens with two attached hydrogens (primary N) is 1. The lowest BCUT2D eigenvalue weighted by molar-refractivity contribution is 0.561. The zero-order chi connectivity index (χ0) is 12.1. The third-order valence-corrected chi connectivity index (χ3v) is 3.41. The summed E-state index contributed by atoms with van der Waals surface area (Å²) in [6, 6.07) is 4.35. The molecule has 0 radical (unpaired) electrons. The first-order valence-electron chi connectivity index (χ1n) is 6.07. The van der Waals surface area contributed by atoms with Gasteiger partial charge in [0.05, 0.1) is 0 Å². The molecule has 1 aromatic rings. The van der Waals surface area contributed by atoms with Crippen molar-refractivity contribution >= 4 is 5.69 Å². The minimum Gasteiger partial charge on any atom is -0.385 e. The Hall–Kier alpha value is -1.02. The van der Waals surface area contributed by atoms with Crippen molar-refractivity contribution in [2.24, 2.45) is 11.7 Å². The molecule has 0 aliphatic rings. The molecule has 1 unspecified atom stereocenters. The molecule has 1 aromatic carbocycles. The van der Waals surface area contributed by atoms with Gasteiger partial charge < -0.3 is 11.1 Å². The van der Waals surface area contributed by atoms with Crippen molar-refractivity contribution in [3.8, 4) is 0 Å². The average Bonchev–Trinajstić information content (AvgIpc) is 2.29. The Morgan fingerprint density at radius 3 is 2.50 bits per heavy atom. The number of nitrogens with one attached hydrogen (secondary N) is 1. The van der Waals surface area contributed by atoms with Gasteiger partial charge >= 0.3 is 0 Å². The Morgan fingerprint density at radius 2 is 1.88 bits per heavy atom. The fourth-order valence-electron chi connectivity index (χ4n) is 1.72. The van der Waals surface area contributed by atoms with E-state index in [9.17, 15) is 0 Å². The normalized spacial score (nSPS) is 12.6. The predicted molar refractivity (Wildman–Crippen MR) is 72.0 cm³/mol. The summed E-state index contributed by atoms with van der Waals surface area (Å²) in [4.78, 5) is 0. The SMILES string of the molecule is Cc1ccc(NCCC(C)CN)c(C)c1C. The molecule has 0 aliphatic carbocycles. The monoisotopic (exact) mass is 220 g/mol. The van der Waals surface area contributed by atoms with Crippen LogP contribution in [0, 0.1) is 26.7 Å². The Morgan fingerprint density at radius 1 is 1.19 bits per heavy atom. The summed E-state index contributed by atoms with van der Waals surface area (Å²) >= 11 is 0. The number of hydrogen-bond acceptors (Lipinski definition) is 2. The van der Waals surface area contributed by atoms with E-state index in [1.54, 1.807) is 0 Å². The van der Waals surface area contributed by atoms with Gasteiger partial charge in [-0.2, -0.15) is 0 Å². The first-order valence-corrected chi connectivity index (χ1v) is 6.07. The summed E-state index contributed by atoms with van der Waals surface area (Å²) in [7, 11) is 0. The molecule has 1 rings (SSSR count). The van der Waals surface area contributed by atoms with Gasteiger partial charge in [-0.15, -0.1) is 0 Å². The summed E-state index contributed by atoms with van der Waals surface area (Å²) in [6.45, 7) is 10.5. The molecule has 2 nitrogen and oxygen atoms in total. The van der Waals surface area contributed by atoms with Crippen molar-refractivity contribution in [2.75, 3.05) is 18.4 Å². The van der Waals surface area contributed by atoms with E-state index in [0.29, 0.717) is 5.92 Å². The topological polar surface area (TPSA) is 38.0 Å². The number of hydrogen-bond donors (Lipinski definition) is 2. The van der Waals surface area contributed by atoms with Crippen LogP contribution in [0.15, 0.2) is 12.1 Å². The van der Waals surface area contributed by atoms with Crippen LogP contribution in [0.25, 0.3) is 0 Å². The first kappa shape index (κ1) is 13.0. The molecule has 0 bridgehead atoms. The van der Waals surface area contributed by atoms with E-state index in [1.807, 2.05) is 0 Å². The summed E-state index contributed by atoms with van der Waals surface area (Å²) in [5.74, 6) is 0.597. The van der Waals surface area contributed by atoms with Crippen LogP contribution in [-0.2, 0) is 0 Å². The van der Waals surface area contributed by atoms with Gasteiger partial charge in [-0.1, -0.05) is 13.0 Å².